The van der Waals surface area contributed by atoms with Crippen LogP contribution in [0.5, 0.6) is 0 Å². The second-order valence-electron chi connectivity index (χ2n) is 4.98. The van der Waals surface area contributed by atoms with Crippen LogP contribution in [-0.4, -0.2) is 13.1 Å². The average molecular weight is 244 g/mol. The SMILES string of the molecule is COC(=O)C1(Cc2ccccc2)CCC=CCC1. The van der Waals surface area contributed by atoms with Crippen molar-refractivity contribution in [2.45, 2.75) is 32.1 Å². The molecule has 0 N–H and O–H groups in total. The van der Waals surface area contributed by atoms with Crippen molar-refractivity contribution in [3.8, 4) is 0 Å². The van der Waals surface area contributed by atoms with Crippen molar-refractivity contribution in [2.75, 3.05) is 7.11 Å². The van der Waals surface area contributed by atoms with Crippen LogP contribution in [0.25, 0.3) is 0 Å². The zero-order valence-corrected chi connectivity index (χ0v) is 10.9. The minimum Gasteiger partial charge on any atom is -0.469 e. The summed E-state index contributed by atoms with van der Waals surface area (Å²) in [6.07, 6.45) is 8.81. The maximum Gasteiger partial charge on any atom is 0.312 e. The van der Waals surface area contributed by atoms with Gasteiger partial charge in [-0.05, 0) is 37.7 Å². The molecule has 0 radical (unpaired) electrons. The molecule has 96 valence electrons. The molecule has 0 saturated heterocycles. The Morgan fingerprint density at radius 3 is 2.33 bits per heavy atom. The summed E-state index contributed by atoms with van der Waals surface area (Å²) in [5.41, 5.74) is 0.865. The van der Waals surface area contributed by atoms with Crippen molar-refractivity contribution in [2.24, 2.45) is 5.41 Å². The predicted molar refractivity (Wildman–Crippen MR) is 72.2 cm³/mol. The van der Waals surface area contributed by atoms with Gasteiger partial charge in [0.1, 0.15) is 0 Å². The van der Waals surface area contributed by atoms with Crippen LogP contribution in [0.2, 0.25) is 0 Å². The van der Waals surface area contributed by atoms with Crippen LogP contribution in [0.1, 0.15) is 31.2 Å². The first-order valence-electron chi connectivity index (χ1n) is 6.54. The molecule has 1 aliphatic rings. The zero-order valence-electron chi connectivity index (χ0n) is 10.9. The predicted octanol–water partition coefficient (Wildman–Crippen LogP) is 3.52. The lowest BCUT2D eigenvalue weighted by atomic mass is 9.75. The minimum atomic E-state index is -0.348. The highest BCUT2D eigenvalue weighted by Crippen LogP contribution is 2.37. The van der Waals surface area contributed by atoms with Crippen LogP contribution in [0, 0.1) is 5.41 Å². The van der Waals surface area contributed by atoms with E-state index in [1.54, 1.807) is 0 Å². The van der Waals surface area contributed by atoms with Crippen LogP contribution >= 0.6 is 0 Å². The molecule has 2 rings (SSSR count). The van der Waals surface area contributed by atoms with E-state index in [9.17, 15) is 4.79 Å². The molecule has 1 aromatic carbocycles. The third kappa shape index (κ3) is 2.81. The highest BCUT2D eigenvalue weighted by Gasteiger charge is 2.38. The number of rotatable bonds is 3. The fourth-order valence-corrected chi connectivity index (χ4v) is 2.74. The monoisotopic (exact) mass is 244 g/mol. The largest absolute Gasteiger partial charge is 0.469 e. The van der Waals surface area contributed by atoms with Crippen molar-refractivity contribution in [3.63, 3.8) is 0 Å². The molecule has 2 nitrogen and oxygen atoms in total. The number of carbonyl (C=O) groups excluding carboxylic acids is 1. The number of methoxy groups -OCH3 is 1. The molecule has 0 unspecified atom stereocenters. The van der Waals surface area contributed by atoms with E-state index in [0.29, 0.717) is 0 Å². The Balaban J connectivity index is 2.22. The van der Waals surface area contributed by atoms with Gasteiger partial charge in [-0.25, -0.2) is 0 Å². The molecule has 0 aromatic heterocycles. The zero-order chi connectivity index (χ0) is 12.8. The molecule has 2 heteroatoms. The number of hydrogen-bond donors (Lipinski definition) is 0. The molecule has 0 atom stereocenters. The van der Waals surface area contributed by atoms with Gasteiger partial charge in [0.2, 0.25) is 0 Å². The summed E-state index contributed by atoms with van der Waals surface area (Å²) < 4.78 is 5.05. The summed E-state index contributed by atoms with van der Waals surface area (Å²) in [7, 11) is 1.49. The van der Waals surface area contributed by atoms with Crippen LogP contribution in [0.4, 0.5) is 0 Å². The number of ether oxygens (including phenoxy) is 1. The molecule has 0 aliphatic heterocycles. The highest BCUT2D eigenvalue weighted by molar-refractivity contribution is 5.77. The number of benzene rings is 1. The van der Waals surface area contributed by atoms with E-state index in [1.165, 1.54) is 12.7 Å². The van der Waals surface area contributed by atoms with Crippen LogP contribution in [-0.2, 0) is 16.0 Å². The summed E-state index contributed by atoms with van der Waals surface area (Å²) >= 11 is 0. The normalized spacial score (nSPS) is 18.1. The van der Waals surface area contributed by atoms with E-state index in [1.807, 2.05) is 18.2 Å². The number of esters is 1. The Bertz CT molecular complexity index is 410. The summed E-state index contributed by atoms with van der Waals surface area (Å²) in [5, 5.41) is 0. The molecule has 0 bridgehead atoms. The lowest BCUT2D eigenvalue weighted by Gasteiger charge is -2.29. The molecular weight excluding hydrogens is 224 g/mol. The second kappa shape index (κ2) is 5.85. The summed E-state index contributed by atoms with van der Waals surface area (Å²) in [4.78, 5) is 12.2. The number of carbonyl (C=O) groups is 1. The molecule has 1 aromatic rings. The summed E-state index contributed by atoms with van der Waals surface area (Å²) in [5.74, 6) is -0.0601. The fraction of sp³-hybridized carbons (Fsp3) is 0.438. The molecule has 0 fully saturated rings. The summed E-state index contributed by atoms with van der Waals surface area (Å²) in [6, 6.07) is 10.2. The molecule has 0 spiro atoms. The molecule has 0 amide bonds. The van der Waals surface area contributed by atoms with Gasteiger partial charge < -0.3 is 4.74 Å². The number of hydrogen-bond acceptors (Lipinski definition) is 2. The third-order valence-corrected chi connectivity index (χ3v) is 3.75. The third-order valence-electron chi connectivity index (χ3n) is 3.75. The quantitative estimate of drug-likeness (QED) is 0.600. The van der Waals surface area contributed by atoms with Gasteiger partial charge in [0.25, 0.3) is 0 Å². The van der Waals surface area contributed by atoms with Crippen molar-refractivity contribution in [1.29, 1.82) is 0 Å². The van der Waals surface area contributed by atoms with Gasteiger partial charge in [0.15, 0.2) is 0 Å². The van der Waals surface area contributed by atoms with E-state index in [0.717, 1.165) is 32.1 Å². The fourth-order valence-electron chi connectivity index (χ4n) is 2.74. The average Bonchev–Trinajstić information content (AvgIpc) is 2.65. The van der Waals surface area contributed by atoms with E-state index in [4.69, 9.17) is 4.74 Å². The van der Waals surface area contributed by atoms with Gasteiger partial charge in [-0.3, -0.25) is 4.79 Å². The van der Waals surface area contributed by atoms with Crippen molar-refractivity contribution in [1.82, 2.24) is 0 Å². The van der Waals surface area contributed by atoms with Crippen molar-refractivity contribution in [3.05, 3.63) is 48.0 Å². The van der Waals surface area contributed by atoms with Gasteiger partial charge >= 0.3 is 5.97 Å². The first kappa shape index (κ1) is 12.9. The maximum atomic E-state index is 12.2. The van der Waals surface area contributed by atoms with E-state index in [2.05, 4.69) is 24.3 Å². The maximum absolute atomic E-state index is 12.2. The van der Waals surface area contributed by atoms with E-state index >= 15 is 0 Å². The van der Waals surface area contributed by atoms with Gasteiger partial charge in [-0.1, -0.05) is 42.5 Å². The van der Waals surface area contributed by atoms with Gasteiger partial charge in [0.05, 0.1) is 12.5 Å². The standard InChI is InChI=1S/C16H20O2/c1-18-15(17)16(11-7-2-3-8-12-16)13-14-9-5-4-6-10-14/h2-6,9-10H,7-8,11-13H2,1H3. The Morgan fingerprint density at radius 2 is 1.78 bits per heavy atom. The lowest BCUT2D eigenvalue weighted by molar-refractivity contribution is -0.153. The van der Waals surface area contributed by atoms with Gasteiger partial charge in [-0.2, -0.15) is 0 Å². The molecule has 1 aliphatic carbocycles. The van der Waals surface area contributed by atoms with Gasteiger partial charge in [0, 0.05) is 0 Å². The second-order valence-corrected chi connectivity index (χ2v) is 4.98. The summed E-state index contributed by atoms with van der Waals surface area (Å²) in [6.45, 7) is 0. The first-order valence-corrected chi connectivity index (χ1v) is 6.54. The topological polar surface area (TPSA) is 26.3 Å². The van der Waals surface area contributed by atoms with Crippen LogP contribution in [0.15, 0.2) is 42.5 Å². The molecule has 0 heterocycles. The van der Waals surface area contributed by atoms with E-state index in [-0.39, 0.29) is 11.4 Å². The van der Waals surface area contributed by atoms with Crippen LogP contribution < -0.4 is 0 Å². The molecule has 0 saturated carbocycles. The smallest absolute Gasteiger partial charge is 0.312 e. The van der Waals surface area contributed by atoms with Gasteiger partial charge in [-0.15, -0.1) is 0 Å². The number of allylic oxidation sites excluding steroid dienone is 2. The minimum absolute atomic E-state index is 0.0601. The van der Waals surface area contributed by atoms with Crippen LogP contribution in [0.3, 0.4) is 0 Å². The van der Waals surface area contributed by atoms with Crippen molar-refractivity contribution < 1.29 is 9.53 Å². The lowest BCUT2D eigenvalue weighted by Crippen LogP contribution is -2.34. The molecule has 18 heavy (non-hydrogen) atoms. The Morgan fingerprint density at radius 1 is 1.17 bits per heavy atom. The Labute approximate surface area is 109 Å². The Hall–Kier alpha value is -1.57. The van der Waals surface area contributed by atoms with Crippen molar-refractivity contribution >= 4 is 5.97 Å². The first-order chi connectivity index (χ1) is 8.77. The highest BCUT2D eigenvalue weighted by atomic mass is 16.5. The van der Waals surface area contributed by atoms with E-state index < -0.39 is 0 Å². The molecular formula is C16H20O2. The Kier molecular flexibility index (Phi) is 4.19.